The highest BCUT2D eigenvalue weighted by molar-refractivity contribution is 7.98. The molecule has 12 nitrogen and oxygen atoms in total. The number of benzene rings is 2. The first-order chi connectivity index (χ1) is 29.0. The number of ether oxygens (including phenoxy) is 2. The number of nitrogens with zero attached hydrogens (tertiary/aromatic N) is 4. The molecular formula is C47H57N7O5S. The summed E-state index contributed by atoms with van der Waals surface area (Å²) < 4.78 is 14.9. The Morgan fingerprint density at radius 1 is 1.07 bits per heavy atom. The van der Waals surface area contributed by atoms with E-state index in [0.29, 0.717) is 56.9 Å². The molecule has 3 fully saturated rings. The lowest BCUT2D eigenvalue weighted by molar-refractivity contribution is -0.384. The van der Waals surface area contributed by atoms with Gasteiger partial charge >= 0.3 is 0 Å². The molecule has 9 rings (SSSR count). The Labute approximate surface area is 356 Å². The second-order valence-electron chi connectivity index (χ2n) is 18.7. The van der Waals surface area contributed by atoms with E-state index in [1.54, 1.807) is 29.5 Å². The van der Waals surface area contributed by atoms with Crippen LogP contribution in [0.4, 0.5) is 17.1 Å². The van der Waals surface area contributed by atoms with Gasteiger partial charge in [-0.3, -0.25) is 24.5 Å². The summed E-state index contributed by atoms with van der Waals surface area (Å²) in [7, 11) is 0. The van der Waals surface area contributed by atoms with E-state index in [-0.39, 0.29) is 16.5 Å². The molecule has 3 N–H and O–H groups in total. The molecule has 1 spiro atoms. The summed E-state index contributed by atoms with van der Waals surface area (Å²) in [6.07, 6.45) is 15.3. The Balaban J connectivity index is 0.868. The van der Waals surface area contributed by atoms with Gasteiger partial charge in [-0.1, -0.05) is 36.6 Å². The van der Waals surface area contributed by atoms with Crippen LogP contribution in [0.3, 0.4) is 0 Å². The molecule has 2 aromatic heterocycles. The second kappa shape index (κ2) is 16.9. The van der Waals surface area contributed by atoms with E-state index < -0.39 is 0 Å². The van der Waals surface area contributed by atoms with Crippen molar-refractivity contribution >= 4 is 46.0 Å². The number of carbonyl (C=O) groups is 1. The number of amides is 1. The van der Waals surface area contributed by atoms with Crippen LogP contribution in [-0.2, 0) is 4.74 Å². The zero-order valence-corrected chi connectivity index (χ0v) is 35.9. The van der Waals surface area contributed by atoms with E-state index in [2.05, 4.69) is 56.7 Å². The molecule has 0 bridgehead atoms. The average molecular weight is 832 g/mol. The maximum Gasteiger partial charge on any atom is 0.293 e. The third kappa shape index (κ3) is 8.94. The number of hydrogen-bond acceptors (Lipinski definition) is 10. The van der Waals surface area contributed by atoms with Gasteiger partial charge in [0.25, 0.3) is 11.6 Å². The summed E-state index contributed by atoms with van der Waals surface area (Å²) in [6.45, 7) is 14.1. The van der Waals surface area contributed by atoms with Crippen molar-refractivity contribution in [3.05, 3.63) is 99.4 Å². The van der Waals surface area contributed by atoms with Crippen molar-refractivity contribution in [3.63, 3.8) is 0 Å². The lowest BCUT2D eigenvalue weighted by Gasteiger charge is -2.50. The number of nitro benzene ring substituents is 1. The van der Waals surface area contributed by atoms with Crippen LogP contribution in [0.5, 0.6) is 11.5 Å². The first-order valence-corrected chi connectivity index (χ1v) is 22.5. The van der Waals surface area contributed by atoms with E-state index in [9.17, 15) is 14.9 Å². The van der Waals surface area contributed by atoms with Crippen molar-refractivity contribution in [2.45, 2.75) is 77.0 Å². The highest BCUT2D eigenvalue weighted by atomic mass is 32.2. The molecule has 3 aliphatic carbocycles. The summed E-state index contributed by atoms with van der Waals surface area (Å²) >= 11 is 1.05. The molecule has 2 aliphatic heterocycles. The zero-order chi connectivity index (χ0) is 41.4. The smallest absolute Gasteiger partial charge is 0.293 e. The largest absolute Gasteiger partial charge is 0.455 e. The summed E-state index contributed by atoms with van der Waals surface area (Å²) in [5.74, 6) is 1.68. The standard InChI is InChI=1S/C47H57N7O5S/c1-31-20-35(21-31)40-27-46(2,3)10-8-34(40)30-52-14-16-53(17-15-52)36-4-6-39(43(23-36)59-37-22-33-9-13-48-44(33)50-29-37)45(55)51-60-38-5-7-41(42(24-38)54(56)57)49-28-32-25-47(26-32)11-18-58-19-12-47/h4-7,9,13,20,22-24,29,32,35,49H,8,10-12,14-19,21,25-28,30H2,1-3H3,(H,48,50)(H,51,55). The molecule has 4 aromatic rings. The number of aromatic nitrogens is 2. The van der Waals surface area contributed by atoms with Gasteiger partial charge in [-0.2, -0.15) is 0 Å². The normalized spacial score (nSPS) is 21.6. The fourth-order valence-electron chi connectivity index (χ4n) is 10.2. The molecule has 1 atom stereocenters. The van der Waals surface area contributed by atoms with E-state index in [1.807, 2.05) is 36.5 Å². The Hall–Kier alpha value is -4.85. The molecule has 5 aliphatic rings. The number of anilines is 2. The predicted molar refractivity (Wildman–Crippen MR) is 238 cm³/mol. The number of piperazine rings is 1. The Kier molecular flexibility index (Phi) is 11.4. The quantitative estimate of drug-likeness (QED) is 0.0517. The van der Waals surface area contributed by atoms with Crippen molar-refractivity contribution in [2.24, 2.45) is 22.7 Å². The van der Waals surface area contributed by atoms with Gasteiger partial charge in [-0.15, -0.1) is 0 Å². The third-order valence-corrected chi connectivity index (χ3v) is 14.4. The van der Waals surface area contributed by atoms with Crippen LogP contribution in [0.25, 0.3) is 11.0 Å². The van der Waals surface area contributed by atoms with Gasteiger partial charge in [-0.25, -0.2) is 4.98 Å². The highest BCUT2D eigenvalue weighted by Gasteiger charge is 2.44. The number of nitro groups is 1. The summed E-state index contributed by atoms with van der Waals surface area (Å²) in [5.41, 5.74) is 8.20. The van der Waals surface area contributed by atoms with E-state index in [4.69, 9.17) is 9.47 Å². The molecule has 316 valence electrons. The van der Waals surface area contributed by atoms with Crippen LogP contribution in [0.15, 0.2) is 88.6 Å². The Morgan fingerprint density at radius 2 is 1.87 bits per heavy atom. The van der Waals surface area contributed by atoms with Crippen molar-refractivity contribution in [3.8, 4) is 11.5 Å². The van der Waals surface area contributed by atoms with Crippen molar-refractivity contribution in [1.82, 2.24) is 19.6 Å². The van der Waals surface area contributed by atoms with Crippen LogP contribution in [-0.4, -0.2) is 78.2 Å². The molecule has 1 unspecified atom stereocenters. The van der Waals surface area contributed by atoms with Gasteiger partial charge in [0.15, 0.2) is 0 Å². The lowest BCUT2D eigenvalue weighted by Crippen LogP contribution is -2.47. The maximum atomic E-state index is 13.9. The Bertz CT molecular complexity index is 2310. The van der Waals surface area contributed by atoms with E-state index >= 15 is 0 Å². The number of fused-ring (bicyclic) bond motifs is 1. The van der Waals surface area contributed by atoms with E-state index in [0.717, 1.165) is 100 Å². The van der Waals surface area contributed by atoms with Gasteiger partial charge in [0.1, 0.15) is 22.8 Å². The number of aromatic amines is 1. The fourth-order valence-corrected chi connectivity index (χ4v) is 10.8. The van der Waals surface area contributed by atoms with Gasteiger partial charge in [-0.05, 0) is 123 Å². The highest BCUT2D eigenvalue weighted by Crippen LogP contribution is 2.52. The molecular weight excluding hydrogens is 775 g/mol. The first kappa shape index (κ1) is 40.6. The monoisotopic (exact) mass is 831 g/mol. The molecule has 1 saturated carbocycles. The zero-order valence-electron chi connectivity index (χ0n) is 35.1. The van der Waals surface area contributed by atoms with Crippen LogP contribution in [0.1, 0.15) is 82.5 Å². The molecule has 2 aromatic carbocycles. The predicted octanol–water partition coefficient (Wildman–Crippen LogP) is 9.91. The van der Waals surface area contributed by atoms with E-state index in [1.165, 1.54) is 37.3 Å². The average Bonchev–Trinajstić information content (AvgIpc) is 3.69. The van der Waals surface area contributed by atoms with Gasteiger partial charge in [0, 0.05) is 92.7 Å². The molecule has 2 saturated heterocycles. The van der Waals surface area contributed by atoms with Gasteiger partial charge in [0.05, 0.1) is 16.7 Å². The van der Waals surface area contributed by atoms with Crippen LogP contribution >= 0.6 is 11.9 Å². The molecule has 0 radical (unpaired) electrons. The minimum Gasteiger partial charge on any atom is -0.455 e. The van der Waals surface area contributed by atoms with Crippen LogP contribution in [0.2, 0.25) is 0 Å². The molecule has 1 amide bonds. The third-order valence-electron chi connectivity index (χ3n) is 13.7. The van der Waals surface area contributed by atoms with Gasteiger partial charge in [0.2, 0.25) is 0 Å². The SMILES string of the molecule is CC1=CC(C2=C(CN3CCN(c4ccc(C(=O)NSc5ccc(NCC6CC7(CCOCC7)C6)c([N+](=O)[O-])c5)c(Oc5cnc6[nH]ccc6c5)c4)CC3)CCC(C)(C)C2)C1. The fraction of sp³-hybridized carbons (Fsp3) is 0.489. The number of H-pyrrole nitrogens is 1. The lowest BCUT2D eigenvalue weighted by atomic mass is 9.58. The van der Waals surface area contributed by atoms with Gasteiger partial charge < -0.3 is 24.7 Å². The molecule has 13 heteroatoms. The number of hydrogen-bond donors (Lipinski definition) is 3. The molecule has 4 heterocycles. The maximum absolute atomic E-state index is 13.9. The first-order valence-electron chi connectivity index (χ1n) is 21.7. The number of allylic oxidation sites excluding steroid dienone is 3. The number of pyridine rings is 1. The number of carbonyl (C=O) groups excluding carboxylic acids is 1. The second-order valence-corrected chi connectivity index (χ2v) is 19.5. The van der Waals surface area contributed by atoms with Crippen LogP contribution in [0, 0.1) is 32.8 Å². The van der Waals surface area contributed by atoms with Crippen LogP contribution < -0.4 is 19.7 Å². The topological polar surface area (TPSA) is 138 Å². The Morgan fingerprint density at radius 3 is 2.63 bits per heavy atom. The summed E-state index contributed by atoms with van der Waals surface area (Å²) in [6, 6.07) is 14.6. The molecule has 60 heavy (non-hydrogen) atoms. The number of nitrogens with one attached hydrogen (secondary N) is 3. The summed E-state index contributed by atoms with van der Waals surface area (Å²) in [5, 5.41) is 16.4. The van der Waals surface area contributed by atoms with Crippen molar-refractivity contribution in [2.75, 3.05) is 62.7 Å². The van der Waals surface area contributed by atoms with Crippen molar-refractivity contribution < 1.29 is 19.2 Å². The number of rotatable bonds is 13. The minimum absolute atomic E-state index is 0.0130. The van der Waals surface area contributed by atoms with Crippen molar-refractivity contribution in [1.29, 1.82) is 0 Å². The summed E-state index contributed by atoms with van der Waals surface area (Å²) in [4.78, 5) is 38.8. The minimum atomic E-state index is -0.367.